The number of aromatic nitrogens is 2. The van der Waals surface area contributed by atoms with E-state index in [2.05, 4.69) is 14.9 Å². The van der Waals surface area contributed by atoms with Gasteiger partial charge in [0.15, 0.2) is 0 Å². The fraction of sp³-hybridized carbons (Fsp3) is 0.520. The maximum Gasteiger partial charge on any atom is 0.241 e. The average molecular weight is 489 g/mol. The van der Waals surface area contributed by atoms with Crippen molar-refractivity contribution in [1.29, 1.82) is 0 Å². The number of amides is 1. The van der Waals surface area contributed by atoms with Crippen LogP contribution in [0.1, 0.15) is 58.8 Å². The van der Waals surface area contributed by atoms with Crippen LogP contribution in [-0.2, 0) is 21.2 Å². The summed E-state index contributed by atoms with van der Waals surface area (Å²) in [5, 5.41) is 7.97. The first-order chi connectivity index (χ1) is 16.0. The number of nitrogens with one attached hydrogen (secondary N) is 2. The van der Waals surface area contributed by atoms with Crippen LogP contribution in [0, 0.1) is 11.8 Å². The van der Waals surface area contributed by atoms with Crippen LogP contribution in [0.3, 0.4) is 0 Å². The lowest BCUT2D eigenvalue weighted by molar-refractivity contribution is -0.134. The first kappa shape index (κ1) is 26.0. The van der Waals surface area contributed by atoms with Crippen molar-refractivity contribution < 1.29 is 17.6 Å². The molecule has 1 unspecified atom stereocenters. The van der Waals surface area contributed by atoms with Crippen molar-refractivity contribution in [2.45, 2.75) is 64.8 Å². The Morgan fingerprint density at radius 1 is 1.06 bits per heavy atom. The van der Waals surface area contributed by atoms with Crippen LogP contribution in [0.25, 0.3) is 11.0 Å². The van der Waals surface area contributed by atoms with Gasteiger partial charge in [0.2, 0.25) is 15.9 Å². The number of rotatable bonds is 11. The lowest BCUT2D eigenvalue weighted by Crippen LogP contribution is -2.51. The predicted molar refractivity (Wildman–Crippen MR) is 133 cm³/mol. The molecule has 0 radical (unpaired) electrons. The molecule has 1 amide bonds. The molecule has 3 aromatic rings. The molecule has 34 heavy (non-hydrogen) atoms. The zero-order valence-corrected chi connectivity index (χ0v) is 21.6. The molecule has 0 aliphatic rings. The number of benzene rings is 1. The molecule has 186 valence electrons. The molecular formula is C25H36N4O4S. The minimum absolute atomic E-state index is 0.0888. The third-order valence-electron chi connectivity index (χ3n) is 5.48. The summed E-state index contributed by atoms with van der Waals surface area (Å²) >= 11 is 0. The average Bonchev–Trinajstić information content (AvgIpc) is 3.40. The van der Waals surface area contributed by atoms with Crippen LogP contribution in [0.15, 0.2) is 45.9 Å². The molecule has 8 nitrogen and oxygen atoms in total. The highest BCUT2D eigenvalue weighted by molar-refractivity contribution is 7.89. The number of H-pyrrole nitrogens is 1. The number of fused-ring (bicyclic) bond motifs is 1. The Balaban J connectivity index is 1.93. The van der Waals surface area contributed by atoms with Gasteiger partial charge in [0.05, 0.1) is 16.9 Å². The number of hydrogen-bond acceptors (Lipinski definition) is 5. The standard InChI is InChI=1S/C25H36N4O4S/c1-16(2)14-29(15-17(3)4)25(30)23(13-20-12-22(18(5)6)27-26-20)28-34(31,32)21-7-8-24-19(11-21)9-10-33-24/h7-12,16-18,23,28H,13-15H2,1-6H3,(H,26,27). The number of sulfonamides is 1. The van der Waals surface area contributed by atoms with Gasteiger partial charge in [-0.2, -0.15) is 9.82 Å². The monoisotopic (exact) mass is 488 g/mol. The molecule has 0 aliphatic carbocycles. The van der Waals surface area contributed by atoms with E-state index < -0.39 is 16.1 Å². The second kappa shape index (κ2) is 10.7. The fourth-order valence-corrected chi connectivity index (χ4v) is 5.13. The summed E-state index contributed by atoms with van der Waals surface area (Å²) in [6.45, 7) is 13.3. The van der Waals surface area contributed by atoms with Crippen LogP contribution in [0.4, 0.5) is 0 Å². The van der Waals surface area contributed by atoms with Crippen molar-refractivity contribution in [3.63, 3.8) is 0 Å². The summed E-state index contributed by atoms with van der Waals surface area (Å²) in [4.78, 5) is 15.5. The van der Waals surface area contributed by atoms with Crippen LogP contribution in [0.5, 0.6) is 0 Å². The van der Waals surface area contributed by atoms with Crippen molar-refractivity contribution in [3.05, 3.63) is 48.0 Å². The van der Waals surface area contributed by atoms with Crippen molar-refractivity contribution in [2.24, 2.45) is 11.8 Å². The summed E-state index contributed by atoms with van der Waals surface area (Å²) in [5.74, 6) is 0.485. The Bertz CT molecular complexity index is 1200. The number of carbonyl (C=O) groups excluding carboxylic acids is 1. The van der Waals surface area contributed by atoms with E-state index in [-0.39, 0.29) is 35.0 Å². The van der Waals surface area contributed by atoms with Gasteiger partial charge < -0.3 is 9.32 Å². The summed E-state index contributed by atoms with van der Waals surface area (Å²) in [7, 11) is -3.97. The van der Waals surface area contributed by atoms with E-state index >= 15 is 0 Å². The van der Waals surface area contributed by atoms with Gasteiger partial charge in [0.25, 0.3) is 0 Å². The molecule has 2 aromatic heterocycles. The van der Waals surface area contributed by atoms with E-state index in [1.54, 1.807) is 23.1 Å². The minimum atomic E-state index is -3.97. The van der Waals surface area contributed by atoms with Gasteiger partial charge in [0.1, 0.15) is 11.6 Å². The molecule has 9 heteroatoms. The van der Waals surface area contributed by atoms with Gasteiger partial charge in [-0.15, -0.1) is 0 Å². The minimum Gasteiger partial charge on any atom is -0.464 e. The van der Waals surface area contributed by atoms with E-state index in [4.69, 9.17) is 4.42 Å². The molecule has 0 saturated carbocycles. The van der Waals surface area contributed by atoms with Crippen LogP contribution >= 0.6 is 0 Å². The normalized spacial score (nSPS) is 13.3. The number of furan rings is 1. The first-order valence-electron chi connectivity index (χ1n) is 11.8. The molecule has 0 bridgehead atoms. The van der Waals surface area contributed by atoms with Crippen LogP contribution in [-0.4, -0.2) is 48.6 Å². The molecule has 1 atom stereocenters. The molecule has 0 spiro atoms. The third kappa shape index (κ3) is 6.48. The Kier molecular flexibility index (Phi) is 8.20. The molecule has 1 aromatic carbocycles. The summed E-state index contributed by atoms with van der Waals surface area (Å²) in [6, 6.07) is 7.30. The summed E-state index contributed by atoms with van der Waals surface area (Å²) < 4.78 is 34.7. The Hall–Kier alpha value is -2.65. The second-order valence-electron chi connectivity index (χ2n) is 10.0. The Morgan fingerprint density at radius 3 is 2.32 bits per heavy atom. The maximum atomic E-state index is 13.7. The molecule has 2 N–H and O–H groups in total. The Labute approximate surface area is 202 Å². The van der Waals surface area contributed by atoms with Gasteiger partial charge in [-0.05, 0) is 48.1 Å². The van der Waals surface area contributed by atoms with Crippen LogP contribution in [0.2, 0.25) is 0 Å². The molecule has 0 aliphatic heterocycles. The van der Waals surface area contributed by atoms with Crippen molar-refractivity contribution in [3.8, 4) is 0 Å². The number of nitrogens with zero attached hydrogens (tertiary/aromatic N) is 2. The van der Waals surface area contributed by atoms with E-state index in [1.807, 2.05) is 47.6 Å². The van der Waals surface area contributed by atoms with Gasteiger partial charge in [-0.1, -0.05) is 41.5 Å². The Morgan fingerprint density at radius 2 is 1.74 bits per heavy atom. The second-order valence-corrected chi connectivity index (χ2v) is 11.7. The highest BCUT2D eigenvalue weighted by atomic mass is 32.2. The number of carbonyl (C=O) groups is 1. The van der Waals surface area contributed by atoms with E-state index in [1.165, 1.54) is 12.3 Å². The van der Waals surface area contributed by atoms with E-state index in [0.717, 1.165) is 5.69 Å². The molecule has 0 saturated heterocycles. The van der Waals surface area contributed by atoms with Gasteiger partial charge >= 0.3 is 0 Å². The predicted octanol–water partition coefficient (Wildman–Crippen LogP) is 4.31. The van der Waals surface area contributed by atoms with Gasteiger partial charge in [0, 0.05) is 30.6 Å². The highest BCUT2D eigenvalue weighted by Gasteiger charge is 2.31. The summed E-state index contributed by atoms with van der Waals surface area (Å²) in [5.41, 5.74) is 2.19. The lowest BCUT2D eigenvalue weighted by atomic mass is 10.1. The lowest BCUT2D eigenvalue weighted by Gasteiger charge is -2.30. The first-order valence-corrected chi connectivity index (χ1v) is 13.3. The van der Waals surface area contributed by atoms with Crippen molar-refractivity contribution in [2.75, 3.05) is 13.1 Å². The molecule has 3 rings (SSSR count). The molecule has 0 fully saturated rings. The summed E-state index contributed by atoms with van der Waals surface area (Å²) in [6.07, 6.45) is 1.69. The largest absolute Gasteiger partial charge is 0.464 e. The number of aromatic amines is 1. The number of hydrogen-bond donors (Lipinski definition) is 2. The SMILES string of the molecule is CC(C)CN(CC(C)C)C(=O)C(Cc1cc(C(C)C)n[nH]1)NS(=O)(=O)c1ccc2occc2c1. The smallest absolute Gasteiger partial charge is 0.241 e. The van der Waals surface area contributed by atoms with Gasteiger partial charge in [-0.25, -0.2) is 8.42 Å². The topological polar surface area (TPSA) is 108 Å². The third-order valence-corrected chi connectivity index (χ3v) is 6.95. The fourth-order valence-electron chi connectivity index (χ4n) is 3.90. The highest BCUT2D eigenvalue weighted by Crippen LogP contribution is 2.21. The van der Waals surface area contributed by atoms with E-state index in [9.17, 15) is 13.2 Å². The quantitative estimate of drug-likeness (QED) is 0.418. The maximum absolute atomic E-state index is 13.7. The molecular weight excluding hydrogens is 452 g/mol. The van der Waals surface area contributed by atoms with Gasteiger partial charge in [-0.3, -0.25) is 9.89 Å². The molecule has 2 heterocycles. The zero-order valence-electron chi connectivity index (χ0n) is 20.8. The van der Waals surface area contributed by atoms with Crippen molar-refractivity contribution >= 4 is 26.9 Å². The van der Waals surface area contributed by atoms with Crippen molar-refractivity contribution in [1.82, 2.24) is 19.8 Å². The zero-order chi connectivity index (χ0) is 25.0. The van der Waals surface area contributed by atoms with E-state index in [0.29, 0.717) is 29.8 Å². The van der Waals surface area contributed by atoms with Crippen LogP contribution < -0.4 is 4.72 Å².